The van der Waals surface area contributed by atoms with E-state index < -0.39 is 11.8 Å². The van der Waals surface area contributed by atoms with Crippen LogP contribution in [-0.4, -0.2) is 27.8 Å². The van der Waals surface area contributed by atoms with Gasteiger partial charge in [0.05, 0.1) is 7.11 Å². The maximum atomic E-state index is 13.7. The van der Waals surface area contributed by atoms with Gasteiger partial charge in [-0.05, 0) is 24.6 Å². The molecule has 0 saturated heterocycles. The monoisotopic (exact) mass is 265 g/mol. The average molecular weight is 265 g/mol. The van der Waals surface area contributed by atoms with Gasteiger partial charge >= 0.3 is 5.97 Å². The molecule has 0 fully saturated rings. The quantitative estimate of drug-likeness (QED) is 0.783. The molecule has 2 heterocycles. The number of hydrogen-bond acceptors (Lipinski definition) is 4. The molecule has 2 rings (SSSR count). The lowest BCUT2D eigenvalue weighted by atomic mass is 10.3. The smallest absolute Gasteiger partial charge is 0.358 e. The molecule has 5 nitrogen and oxygen atoms in total. The van der Waals surface area contributed by atoms with E-state index in [0.717, 1.165) is 0 Å². The molecule has 0 unspecified atom stereocenters. The number of methoxy groups -OCH3 is 1. The SMILES string of the molecule is CC.COC(=O)c1ccn(-c2nccc(C)c2F)n1. The summed E-state index contributed by atoms with van der Waals surface area (Å²) in [4.78, 5) is 15.1. The van der Waals surface area contributed by atoms with Crippen molar-refractivity contribution in [3.8, 4) is 5.82 Å². The Labute approximate surface area is 111 Å². The summed E-state index contributed by atoms with van der Waals surface area (Å²) in [5.41, 5.74) is 0.570. The van der Waals surface area contributed by atoms with Crippen LogP contribution in [0.3, 0.4) is 0 Å². The summed E-state index contributed by atoms with van der Waals surface area (Å²) in [5.74, 6) is -0.982. The molecule has 0 N–H and O–H groups in total. The van der Waals surface area contributed by atoms with Crippen LogP contribution in [0.15, 0.2) is 24.5 Å². The van der Waals surface area contributed by atoms with Crippen molar-refractivity contribution in [2.45, 2.75) is 20.8 Å². The number of carbonyl (C=O) groups is 1. The molecule has 2 aromatic rings. The van der Waals surface area contributed by atoms with Gasteiger partial charge in [0, 0.05) is 12.4 Å². The first-order chi connectivity index (χ1) is 9.13. The third kappa shape index (κ3) is 3.15. The van der Waals surface area contributed by atoms with E-state index in [1.807, 2.05) is 13.8 Å². The number of rotatable bonds is 2. The Morgan fingerprint density at radius 3 is 2.68 bits per heavy atom. The van der Waals surface area contributed by atoms with Crippen LogP contribution in [0.5, 0.6) is 0 Å². The molecular formula is C13H16FN3O2. The highest BCUT2D eigenvalue weighted by Crippen LogP contribution is 2.13. The predicted molar refractivity (Wildman–Crippen MR) is 68.7 cm³/mol. The fourth-order valence-corrected chi connectivity index (χ4v) is 1.34. The van der Waals surface area contributed by atoms with Gasteiger partial charge in [0.2, 0.25) is 0 Å². The average Bonchev–Trinajstić information content (AvgIpc) is 2.93. The van der Waals surface area contributed by atoms with Crippen molar-refractivity contribution in [2.75, 3.05) is 7.11 Å². The summed E-state index contributed by atoms with van der Waals surface area (Å²) in [5, 5.41) is 3.89. The number of aromatic nitrogens is 3. The Morgan fingerprint density at radius 2 is 2.05 bits per heavy atom. The summed E-state index contributed by atoms with van der Waals surface area (Å²) in [6.45, 7) is 5.63. The van der Waals surface area contributed by atoms with Crippen molar-refractivity contribution in [3.63, 3.8) is 0 Å². The van der Waals surface area contributed by atoms with E-state index in [9.17, 15) is 9.18 Å². The zero-order valence-corrected chi connectivity index (χ0v) is 11.3. The number of pyridine rings is 1. The van der Waals surface area contributed by atoms with Gasteiger partial charge in [-0.3, -0.25) is 0 Å². The van der Waals surface area contributed by atoms with Crippen LogP contribution in [0.4, 0.5) is 4.39 Å². The first-order valence-corrected chi connectivity index (χ1v) is 5.89. The van der Waals surface area contributed by atoms with E-state index >= 15 is 0 Å². The van der Waals surface area contributed by atoms with Crippen LogP contribution < -0.4 is 0 Å². The van der Waals surface area contributed by atoms with Crippen molar-refractivity contribution in [1.29, 1.82) is 0 Å². The van der Waals surface area contributed by atoms with Gasteiger partial charge in [0.25, 0.3) is 0 Å². The second-order valence-electron chi connectivity index (χ2n) is 3.40. The van der Waals surface area contributed by atoms with Crippen LogP contribution >= 0.6 is 0 Å². The zero-order chi connectivity index (χ0) is 14.4. The van der Waals surface area contributed by atoms with Crippen LogP contribution in [0.1, 0.15) is 29.9 Å². The van der Waals surface area contributed by atoms with E-state index in [2.05, 4.69) is 14.8 Å². The Balaban J connectivity index is 0.000000861. The summed E-state index contributed by atoms with van der Waals surface area (Å²) < 4.78 is 19.5. The maximum Gasteiger partial charge on any atom is 0.358 e. The van der Waals surface area contributed by atoms with E-state index in [0.29, 0.717) is 5.56 Å². The molecule has 0 amide bonds. The van der Waals surface area contributed by atoms with Gasteiger partial charge in [-0.15, -0.1) is 0 Å². The number of carbonyl (C=O) groups excluding carboxylic acids is 1. The van der Waals surface area contributed by atoms with Crippen molar-refractivity contribution in [3.05, 3.63) is 41.6 Å². The second kappa shape index (κ2) is 6.63. The highest BCUT2D eigenvalue weighted by molar-refractivity contribution is 5.86. The van der Waals surface area contributed by atoms with Crippen LogP contribution in [-0.2, 0) is 4.74 Å². The van der Waals surface area contributed by atoms with Crippen LogP contribution in [0.25, 0.3) is 5.82 Å². The van der Waals surface area contributed by atoms with Crippen molar-refractivity contribution in [2.24, 2.45) is 0 Å². The van der Waals surface area contributed by atoms with E-state index in [1.165, 1.54) is 30.3 Å². The molecule has 0 bridgehead atoms. The standard InChI is InChI=1S/C11H10FN3O2.C2H6/c1-7-3-5-13-10(9(7)12)15-6-4-8(14-15)11(16)17-2;1-2/h3-6H,1-2H3;1-2H3. The molecule has 0 atom stereocenters. The molecular weight excluding hydrogens is 249 g/mol. The summed E-state index contributed by atoms with van der Waals surface area (Å²) in [7, 11) is 1.26. The van der Waals surface area contributed by atoms with Gasteiger partial charge in [0.15, 0.2) is 17.3 Å². The summed E-state index contributed by atoms with van der Waals surface area (Å²) in [6, 6.07) is 3.00. The predicted octanol–water partition coefficient (Wildman–Crippen LogP) is 2.53. The molecule has 0 aliphatic heterocycles. The van der Waals surface area contributed by atoms with Gasteiger partial charge in [-0.2, -0.15) is 5.10 Å². The number of hydrogen-bond donors (Lipinski definition) is 0. The highest BCUT2D eigenvalue weighted by Gasteiger charge is 2.13. The lowest BCUT2D eigenvalue weighted by Crippen LogP contribution is -2.06. The van der Waals surface area contributed by atoms with Crippen molar-refractivity contribution < 1.29 is 13.9 Å². The largest absolute Gasteiger partial charge is 0.464 e. The lowest BCUT2D eigenvalue weighted by Gasteiger charge is -2.03. The van der Waals surface area contributed by atoms with Crippen LogP contribution in [0.2, 0.25) is 0 Å². The minimum Gasteiger partial charge on any atom is -0.464 e. The minimum absolute atomic E-state index is 0.0557. The third-order valence-corrected chi connectivity index (χ3v) is 2.26. The highest BCUT2D eigenvalue weighted by atomic mass is 19.1. The first-order valence-electron chi connectivity index (χ1n) is 5.89. The fourth-order valence-electron chi connectivity index (χ4n) is 1.34. The molecule has 102 valence electrons. The molecule has 0 aliphatic rings. The molecule has 0 radical (unpaired) electrons. The molecule has 0 aromatic carbocycles. The number of esters is 1. The van der Waals surface area contributed by atoms with Crippen LogP contribution in [0, 0.1) is 12.7 Å². The second-order valence-corrected chi connectivity index (χ2v) is 3.40. The topological polar surface area (TPSA) is 57.0 Å². The Kier molecular flexibility index (Phi) is 5.17. The Bertz CT molecular complexity index is 567. The van der Waals surface area contributed by atoms with E-state index in [-0.39, 0.29) is 11.5 Å². The fraction of sp³-hybridized carbons (Fsp3) is 0.308. The maximum absolute atomic E-state index is 13.7. The molecule has 2 aromatic heterocycles. The summed E-state index contributed by atoms with van der Waals surface area (Å²) >= 11 is 0. The lowest BCUT2D eigenvalue weighted by molar-refractivity contribution is 0.0593. The van der Waals surface area contributed by atoms with Crippen molar-refractivity contribution in [1.82, 2.24) is 14.8 Å². The zero-order valence-electron chi connectivity index (χ0n) is 11.3. The number of halogens is 1. The van der Waals surface area contributed by atoms with Gasteiger partial charge in [-0.1, -0.05) is 13.8 Å². The van der Waals surface area contributed by atoms with E-state index in [4.69, 9.17) is 0 Å². The number of nitrogens with zero attached hydrogens (tertiary/aromatic N) is 3. The van der Waals surface area contributed by atoms with E-state index in [1.54, 1.807) is 13.0 Å². The van der Waals surface area contributed by atoms with Gasteiger partial charge in [0.1, 0.15) is 0 Å². The number of ether oxygens (including phenoxy) is 1. The molecule has 0 aliphatic carbocycles. The Morgan fingerprint density at radius 1 is 1.37 bits per heavy atom. The summed E-state index contributed by atoms with van der Waals surface area (Å²) in [6.07, 6.45) is 2.93. The molecule has 0 spiro atoms. The van der Waals surface area contributed by atoms with Crippen molar-refractivity contribution >= 4 is 5.97 Å². The molecule has 19 heavy (non-hydrogen) atoms. The third-order valence-electron chi connectivity index (χ3n) is 2.26. The molecule has 6 heteroatoms. The normalized spacial score (nSPS) is 9.53. The number of aryl methyl sites for hydroxylation is 1. The molecule has 0 saturated carbocycles. The van der Waals surface area contributed by atoms with Gasteiger partial charge in [-0.25, -0.2) is 18.9 Å². The Hall–Kier alpha value is -2.24. The minimum atomic E-state index is -0.572. The van der Waals surface area contributed by atoms with Gasteiger partial charge < -0.3 is 4.74 Å². The first kappa shape index (κ1) is 14.8.